The van der Waals surface area contributed by atoms with Gasteiger partial charge in [-0.05, 0) is 18.2 Å². The van der Waals surface area contributed by atoms with E-state index in [1.807, 2.05) is 0 Å². The number of hydrogen-bond donors (Lipinski definition) is 1. The number of thioether (sulfide) groups is 1. The van der Waals surface area contributed by atoms with Crippen molar-refractivity contribution in [1.29, 1.82) is 0 Å². The van der Waals surface area contributed by atoms with Crippen molar-refractivity contribution in [2.75, 3.05) is 0 Å². The summed E-state index contributed by atoms with van der Waals surface area (Å²) in [5.74, 6) is -1.62. The van der Waals surface area contributed by atoms with Crippen LogP contribution in [-0.2, 0) is 4.79 Å². The number of carboxylic acids is 1. The van der Waals surface area contributed by atoms with Crippen molar-refractivity contribution in [1.82, 2.24) is 0 Å². The molecule has 2 rings (SSSR count). The van der Waals surface area contributed by atoms with Crippen molar-refractivity contribution < 1.29 is 23.1 Å². The molecule has 19 heavy (non-hydrogen) atoms. The van der Waals surface area contributed by atoms with Crippen LogP contribution in [0.15, 0.2) is 22.6 Å². The monoisotopic (exact) mass is 328 g/mol. The molecular formula is C11H5Cl2F3O2S. The van der Waals surface area contributed by atoms with Crippen molar-refractivity contribution in [3.8, 4) is 0 Å². The van der Waals surface area contributed by atoms with Crippen molar-refractivity contribution >= 4 is 47.0 Å². The Balaban J connectivity index is 2.61. The Bertz CT molecular complexity index is 584. The summed E-state index contributed by atoms with van der Waals surface area (Å²) >= 11 is 12.0. The molecular weight excluding hydrogens is 324 g/mol. The van der Waals surface area contributed by atoms with Crippen LogP contribution in [0, 0.1) is 0 Å². The van der Waals surface area contributed by atoms with Crippen molar-refractivity contribution in [2.24, 2.45) is 0 Å². The minimum atomic E-state index is -4.67. The zero-order chi connectivity index (χ0) is 14.4. The first-order chi connectivity index (χ1) is 8.70. The topological polar surface area (TPSA) is 37.3 Å². The van der Waals surface area contributed by atoms with Crippen LogP contribution in [0.25, 0.3) is 6.08 Å². The van der Waals surface area contributed by atoms with Gasteiger partial charge in [0.1, 0.15) is 5.25 Å². The first-order valence-corrected chi connectivity index (χ1v) is 6.51. The van der Waals surface area contributed by atoms with Gasteiger partial charge in [-0.25, -0.2) is 4.79 Å². The molecule has 8 heteroatoms. The van der Waals surface area contributed by atoms with Crippen LogP contribution in [0.2, 0.25) is 10.0 Å². The van der Waals surface area contributed by atoms with Gasteiger partial charge in [-0.1, -0.05) is 23.2 Å². The van der Waals surface area contributed by atoms with Crippen LogP contribution in [0.4, 0.5) is 13.2 Å². The number of halogens is 5. The van der Waals surface area contributed by atoms with Crippen molar-refractivity contribution in [2.45, 2.75) is 16.3 Å². The van der Waals surface area contributed by atoms with Crippen molar-refractivity contribution in [3.05, 3.63) is 33.3 Å². The van der Waals surface area contributed by atoms with Gasteiger partial charge in [-0.2, -0.15) is 13.2 Å². The fraction of sp³-hybridized carbons (Fsp3) is 0.182. The summed E-state index contributed by atoms with van der Waals surface area (Å²) in [4.78, 5) is 11.2. The van der Waals surface area contributed by atoms with Crippen LogP contribution < -0.4 is 0 Å². The number of fused-ring (bicyclic) bond motifs is 1. The molecule has 0 radical (unpaired) electrons. The molecule has 1 aromatic carbocycles. The fourth-order valence-corrected chi connectivity index (χ4v) is 3.48. The average molecular weight is 329 g/mol. The zero-order valence-corrected chi connectivity index (χ0v) is 11.3. The van der Waals surface area contributed by atoms with E-state index in [-0.39, 0.29) is 20.5 Å². The maximum Gasteiger partial charge on any atom is 0.405 e. The van der Waals surface area contributed by atoms with E-state index in [1.54, 1.807) is 0 Å². The van der Waals surface area contributed by atoms with Crippen LogP contribution in [-0.4, -0.2) is 22.5 Å². The van der Waals surface area contributed by atoms with Crippen LogP contribution >= 0.6 is 35.0 Å². The highest BCUT2D eigenvalue weighted by Gasteiger charge is 2.47. The first kappa shape index (κ1) is 14.6. The molecule has 0 amide bonds. The molecule has 1 unspecified atom stereocenters. The third-order valence-electron chi connectivity index (χ3n) is 2.43. The Hall–Kier alpha value is -0.850. The fourth-order valence-electron chi connectivity index (χ4n) is 1.64. The highest BCUT2D eigenvalue weighted by Crippen LogP contribution is 2.47. The zero-order valence-electron chi connectivity index (χ0n) is 8.96. The van der Waals surface area contributed by atoms with Crippen LogP contribution in [0.5, 0.6) is 0 Å². The summed E-state index contributed by atoms with van der Waals surface area (Å²) < 4.78 is 38.6. The summed E-state index contributed by atoms with van der Waals surface area (Å²) in [5.41, 5.74) is -0.497. The number of carboxylic acid groups (broad SMARTS) is 1. The van der Waals surface area contributed by atoms with Gasteiger partial charge < -0.3 is 5.11 Å². The molecule has 0 fully saturated rings. The predicted octanol–water partition coefficient (Wildman–Crippen LogP) is 4.50. The lowest BCUT2D eigenvalue weighted by molar-refractivity contribution is -0.140. The summed E-state index contributed by atoms with van der Waals surface area (Å²) in [6.07, 6.45) is -3.72. The second-order valence-corrected chi connectivity index (χ2v) is 5.73. The van der Waals surface area contributed by atoms with Gasteiger partial charge in [-0.3, -0.25) is 0 Å². The predicted molar refractivity (Wildman–Crippen MR) is 67.8 cm³/mol. The minimum Gasteiger partial charge on any atom is -0.478 e. The van der Waals surface area contributed by atoms with E-state index < -0.39 is 23.0 Å². The van der Waals surface area contributed by atoms with Gasteiger partial charge in [0.05, 0.1) is 10.6 Å². The number of benzene rings is 1. The SMILES string of the molecule is O=C(O)C1=Cc2c(Cl)cc(Cl)cc2SC1C(F)(F)F. The van der Waals surface area contributed by atoms with Gasteiger partial charge in [-0.15, -0.1) is 11.8 Å². The molecule has 0 aromatic heterocycles. The second-order valence-electron chi connectivity index (χ2n) is 3.74. The molecule has 0 bridgehead atoms. The van der Waals surface area contributed by atoms with E-state index in [2.05, 4.69) is 0 Å². The number of rotatable bonds is 1. The molecule has 0 spiro atoms. The summed E-state index contributed by atoms with van der Waals surface area (Å²) in [6, 6.07) is 2.69. The van der Waals surface area contributed by atoms with E-state index in [0.717, 1.165) is 6.08 Å². The normalized spacial score (nSPS) is 18.8. The molecule has 0 saturated carbocycles. The van der Waals surface area contributed by atoms with E-state index in [4.69, 9.17) is 28.3 Å². The summed E-state index contributed by atoms with van der Waals surface area (Å²) in [6.45, 7) is 0. The van der Waals surface area contributed by atoms with Crippen molar-refractivity contribution in [3.63, 3.8) is 0 Å². The molecule has 1 atom stereocenters. The van der Waals surface area contributed by atoms with Gasteiger partial charge in [0.25, 0.3) is 0 Å². The number of hydrogen-bond acceptors (Lipinski definition) is 2. The van der Waals surface area contributed by atoms with Gasteiger partial charge in [0, 0.05) is 15.5 Å². The molecule has 1 heterocycles. The Morgan fingerprint density at radius 3 is 2.47 bits per heavy atom. The lowest BCUT2D eigenvalue weighted by Gasteiger charge is -2.25. The maximum atomic E-state index is 12.9. The maximum absolute atomic E-state index is 12.9. The van der Waals surface area contributed by atoms with Gasteiger partial charge in [0.15, 0.2) is 0 Å². The molecule has 0 aliphatic carbocycles. The number of carbonyl (C=O) groups is 1. The average Bonchev–Trinajstić information content (AvgIpc) is 2.25. The lowest BCUT2D eigenvalue weighted by atomic mass is 10.1. The molecule has 1 aliphatic heterocycles. The van der Waals surface area contributed by atoms with Crippen LogP contribution in [0.3, 0.4) is 0 Å². The van der Waals surface area contributed by atoms with E-state index in [9.17, 15) is 18.0 Å². The van der Waals surface area contributed by atoms with Gasteiger partial charge in [0.2, 0.25) is 0 Å². The minimum absolute atomic E-state index is 0.120. The lowest BCUT2D eigenvalue weighted by Crippen LogP contribution is -2.32. The Labute approximate surface area is 120 Å². The molecule has 0 saturated heterocycles. The first-order valence-electron chi connectivity index (χ1n) is 4.87. The number of alkyl halides is 3. The smallest absolute Gasteiger partial charge is 0.405 e. The van der Waals surface area contributed by atoms with E-state index >= 15 is 0 Å². The third-order valence-corrected chi connectivity index (χ3v) is 4.31. The number of aliphatic carboxylic acids is 1. The molecule has 102 valence electrons. The van der Waals surface area contributed by atoms with Gasteiger partial charge >= 0.3 is 12.1 Å². The van der Waals surface area contributed by atoms with E-state index in [0.29, 0.717) is 11.8 Å². The second kappa shape index (κ2) is 4.92. The molecule has 1 N–H and O–H groups in total. The Kier molecular flexibility index (Phi) is 3.77. The largest absolute Gasteiger partial charge is 0.478 e. The highest BCUT2D eigenvalue weighted by atomic mass is 35.5. The summed E-state index contributed by atoms with van der Waals surface area (Å²) in [5, 5.41) is 7.08. The molecule has 1 aromatic rings. The van der Waals surface area contributed by atoms with E-state index in [1.165, 1.54) is 12.1 Å². The summed E-state index contributed by atoms with van der Waals surface area (Å²) in [7, 11) is 0. The quantitative estimate of drug-likeness (QED) is 0.824. The standard InChI is InChI=1S/C11H5Cl2F3O2S/c12-4-1-7(13)5-3-6(10(17)18)9(11(14,15)16)19-8(5)2-4/h1-3,9H,(H,17,18). The molecule has 1 aliphatic rings. The third kappa shape index (κ3) is 2.85. The molecule has 2 nitrogen and oxygen atoms in total. The Morgan fingerprint density at radius 1 is 1.32 bits per heavy atom. The highest BCUT2D eigenvalue weighted by molar-refractivity contribution is 8.00. The van der Waals surface area contributed by atoms with Crippen LogP contribution in [0.1, 0.15) is 5.56 Å². The Morgan fingerprint density at radius 2 is 1.95 bits per heavy atom.